The Morgan fingerprint density at radius 2 is 1.80 bits per heavy atom. The molecule has 4 heteroatoms. The van der Waals surface area contributed by atoms with Crippen molar-refractivity contribution in [2.24, 2.45) is 0 Å². The average Bonchev–Trinajstić information content (AvgIpc) is 2.15. The summed E-state index contributed by atoms with van der Waals surface area (Å²) in [6.07, 6.45) is 0. The Balaban J connectivity index is 2.75. The Morgan fingerprint density at radius 1 is 1.27 bits per heavy atom. The molecule has 0 amide bonds. The first kappa shape index (κ1) is 11.5. The van der Waals surface area contributed by atoms with E-state index in [0.717, 1.165) is 0 Å². The first-order valence-corrected chi connectivity index (χ1v) is 4.66. The van der Waals surface area contributed by atoms with Crippen LogP contribution in [-0.4, -0.2) is 16.8 Å². The zero-order valence-corrected chi connectivity index (χ0v) is 9.07. The van der Waals surface area contributed by atoms with E-state index in [-0.39, 0.29) is 5.97 Å². The van der Waals surface area contributed by atoms with E-state index in [4.69, 9.17) is 9.94 Å². The number of benzene rings is 1. The number of anilines is 1. The Labute approximate surface area is 88.8 Å². The third kappa shape index (κ3) is 3.59. The summed E-state index contributed by atoms with van der Waals surface area (Å²) in [4.78, 5) is 11.6. The molecule has 0 saturated heterocycles. The standard InChI is InChI=1S/C11H15NO3/c1-11(2,3)15-10(13)8-4-6-9(12-14)7-5-8/h4-7,12,14H,1-3H3. The van der Waals surface area contributed by atoms with E-state index in [0.29, 0.717) is 11.3 Å². The molecule has 0 fully saturated rings. The topological polar surface area (TPSA) is 58.6 Å². The lowest BCUT2D eigenvalue weighted by molar-refractivity contribution is 0.00695. The van der Waals surface area contributed by atoms with Gasteiger partial charge in [0, 0.05) is 0 Å². The van der Waals surface area contributed by atoms with E-state index in [1.807, 2.05) is 26.3 Å². The summed E-state index contributed by atoms with van der Waals surface area (Å²) < 4.78 is 5.18. The minimum Gasteiger partial charge on any atom is -0.456 e. The van der Waals surface area contributed by atoms with Crippen molar-refractivity contribution in [3.63, 3.8) is 0 Å². The SMILES string of the molecule is CC(C)(C)OC(=O)c1ccc(NO)cc1. The summed E-state index contributed by atoms with van der Waals surface area (Å²) >= 11 is 0. The highest BCUT2D eigenvalue weighted by molar-refractivity contribution is 5.90. The Bertz CT molecular complexity index is 338. The molecule has 2 N–H and O–H groups in total. The molecule has 82 valence electrons. The summed E-state index contributed by atoms with van der Waals surface area (Å²) in [5, 5.41) is 8.59. The summed E-state index contributed by atoms with van der Waals surface area (Å²) in [7, 11) is 0. The lowest BCUT2D eigenvalue weighted by Crippen LogP contribution is -2.23. The number of hydrogen-bond acceptors (Lipinski definition) is 4. The zero-order chi connectivity index (χ0) is 11.5. The Kier molecular flexibility index (Phi) is 3.31. The van der Waals surface area contributed by atoms with Crippen molar-refractivity contribution < 1.29 is 14.7 Å². The molecule has 1 aromatic carbocycles. The molecule has 0 aromatic heterocycles. The van der Waals surface area contributed by atoms with Crippen LogP contribution >= 0.6 is 0 Å². The van der Waals surface area contributed by atoms with E-state index >= 15 is 0 Å². The molecule has 0 aliphatic carbocycles. The molecule has 0 spiro atoms. The Hall–Kier alpha value is -1.55. The molecular weight excluding hydrogens is 194 g/mol. The molecule has 0 bridgehead atoms. The zero-order valence-electron chi connectivity index (χ0n) is 9.07. The van der Waals surface area contributed by atoms with Gasteiger partial charge in [0.25, 0.3) is 0 Å². The van der Waals surface area contributed by atoms with Crippen molar-refractivity contribution in [3.05, 3.63) is 29.8 Å². The van der Waals surface area contributed by atoms with Gasteiger partial charge in [-0.3, -0.25) is 10.7 Å². The minimum absolute atomic E-state index is 0.369. The maximum Gasteiger partial charge on any atom is 0.338 e. The summed E-state index contributed by atoms with van der Waals surface area (Å²) in [5.74, 6) is -0.369. The molecule has 0 atom stereocenters. The van der Waals surface area contributed by atoms with Crippen LogP contribution in [0.5, 0.6) is 0 Å². The van der Waals surface area contributed by atoms with E-state index in [9.17, 15) is 4.79 Å². The van der Waals surface area contributed by atoms with Crippen LogP contribution in [0.1, 0.15) is 31.1 Å². The van der Waals surface area contributed by atoms with E-state index in [2.05, 4.69) is 0 Å². The van der Waals surface area contributed by atoms with Gasteiger partial charge in [0.2, 0.25) is 0 Å². The lowest BCUT2D eigenvalue weighted by Gasteiger charge is -2.19. The van der Waals surface area contributed by atoms with Crippen LogP contribution in [0.15, 0.2) is 24.3 Å². The van der Waals surface area contributed by atoms with Gasteiger partial charge in [-0.1, -0.05) is 0 Å². The summed E-state index contributed by atoms with van der Waals surface area (Å²) in [6.45, 7) is 5.44. The highest BCUT2D eigenvalue weighted by atomic mass is 16.6. The summed E-state index contributed by atoms with van der Waals surface area (Å²) in [6, 6.07) is 6.37. The minimum atomic E-state index is -0.495. The monoisotopic (exact) mass is 209 g/mol. The van der Waals surface area contributed by atoms with Crippen molar-refractivity contribution in [3.8, 4) is 0 Å². The van der Waals surface area contributed by atoms with Crippen LogP contribution < -0.4 is 5.48 Å². The normalized spacial score (nSPS) is 10.9. The molecule has 0 radical (unpaired) electrons. The molecule has 1 rings (SSSR count). The van der Waals surface area contributed by atoms with Crippen LogP contribution in [-0.2, 0) is 4.74 Å². The molecule has 0 aliphatic rings. The van der Waals surface area contributed by atoms with Gasteiger partial charge in [0.1, 0.15) is 5.60 Å². The van der Waals surface area contributed by atoms with Gasteiger partial charge in [0.05, 0.1) is 11.3 Å². The average molecular weight is 209 g/mol. The van der Waals surface area contributed by atoms with Crippen molar-refractivity contribution in [1.82, 2.24) is 0 Å². The second-order valence-electron chi connectivity index (χ2n) is 4.19. The molecule has 0 aliphatic heterocycles. The van der Waals surface area contributed by atoms with Crippen molar-refractivity contribution in [2.75, 3.05) is 5.48 Å². The molecular formula is C11H15NO3. The highest BCUT2D eigenvalue weighted by Gasteiger charge is 2.17. The fraction of sp³-hybridized carbons (Fsp3) is 0.364. The number of carbonyl (C=O) groups is 1. The quantitative estimate of drug-likeness (QED) is 0.580. The smallest absolute Gasteiger partial charge is 0.338 e. The van der Waals surface area contributed by atoms with Gasteiger partial charge >= 0.3 is 5.97 Å². The maximum absolute atomic E-state index is 11.6. The van der Waals surface area contributed by atoms with Gasteiger partial charge in [-0.15, -0.1) is 0 Å². The predicted octanol–water partition coefficient (Wildman–Crippen LogP) is 2.44. The fourth-order valence-corrected chi connectivity index (χ4v) is 1.02. The molecule has 4 nitrogen and oxygen atoms in total. The molecule has 0 saturated carbocycles. The molecule has 0 unspecified atom stereocenters. The van der Waals surface area contributed by atoms with Gasteiger partial charge < -0.3 is 4.74 Å². The van der Waals surface area contributed by atoms with Crippen LogP contribution in [0.3, 0.4) is 0 Å². The van der Waals surface area contributed by atoms with Crippen molar-refractivity contribution in [2.45, 2.75) is 26.4 Å². The van der Waals surface area contributed by atoms with Gasteiger partial charge in [-0.2, -0.15) is 0 Å². The number of esters is 1. The highest BCUT2D eigenvalue weighted by Crippen LogP contribution is 2.14. The van der Waals surface area contributed by atoms with E-state index in [1.165, 1.54) is 0 Å². The number of ether oxygens (including phenoxy) is 1. The number of nitrogens with one attached hydrogen (secondary N) is 1. The summed E-state index contributed by atoms with van der Waals surface area (Å²) in [5.41, 5.74) is 2.49. The third-order valence-electron chi connectivity index (χ3n) is 1.65. The van der Waals surface area contributed by atoms with E-state index < -0.39 is 5.60 Å². The fourth-order valence-electron chi connectivity index (χ4n) is 1.02. The van der Waals surface area contributed by atoms with Crippen LogP contribution in [0.2, 0.25) is 0 Å². The maximum atomic E-state index is 11.6. The first-order valence-electron chi connectivity index (χ1n) is 4.66. The second kappa shape index (κ2) is 4.31. The van der Waals surface area contributed by atoms with E-state index in [1.54, 1.807) is 24.3 Å². The lowest BCUT2D eigenvalue weighted by atomic mass is 10.1. The largest absolute Gasteiger partial charge is 0.456 e. The molecule has 1 aromatic rings. The van der Waals surface area contributed by atoms with Gasteiger partial charge in [-0.05, 0) is 45.0 Å². The number of carbonyl (C=O) groups excluding carboxylic acids is 1. The number of hydrogen-bond donors (Lipinski definition) is 2. The van der Waals surface area contributed by atoms with Crippen molar-refractivity contribution in [1.29, 1.82) is 0 Å². The van der Waals surface area contributed by atoms with Gasteiger partial charge in [0.15, 0.2) is 0 Å². The predicted molar refractivity (Wildman–Crippen MR) is 57.0 cm³/mol. The number of rotatable bonds is 2. The third-order valence-corrected chi connectivity index (χ3v) is 1.65. The van der Waals surface area contributed by atoms with Crippen LogP contribution in [0.25, 0.3) is 0 Å². The van der Waals surface area contributed by atoms with Crippen LogP contribution in [0.4, 0.5) is 5.69 Å². The first-order chi connectivity index (χ1) is 6.92. The Morgan fingerprint density at radius 3 is 2.20 bits per heavy atom. The molecule has 0 heterocycles. The van der Waals surface area contributed by atoms with Gasteiger partial charge in [-0.25, -0.2) is 4.79 Å². The van der Waals surface area contributed by atoms with Crippen molar-refractivity contribution >= 4 is 11.7 Å². The molecule has 15 heavy (non-hydrogen) atoms. The van der Waals surface area contributed by atoms with Crippen LogP contribution in [0, 0.1) is 0 Å². The second-order valence-corrected chi connectivity index (χ2v) is 4.19.